The molecule has 0 atom stereocenters. The number of hydrogen-bond donors (Lipinski definition) is 2. The number of carbonyl (C=O) groups excluding carboxylic acids is 1. The highest BCUT2D eigenvalue weighted by Gasteiger charge is 2.13. The maximum Gasteiger partial charge on any atom is 0.337 e. The standard InChI is InChI=1S/C15H11Cl2NO3S/c16-9-1-4-11(5-2-9)22-8-14(19)18-13-7-10(17)3-6-12(13)15(20)21/h1-7H,8H2,(H,18,19)(H,20,21). The van der Waals surface area contributed by atoms with Crippen LogP contribution in [0.15, 0.2) is 47.4 Å². The molecule has 7 heteroatoms. The molecule has 0 radical (unpaired) electrons. The average Bonchev–Trinajstić information content (AvgIpc) is 2.46. The Kier molecular flexibility index (Phi) is 5.71. The van der Waals surface area contributed by atoms with Gasteiger partial charge in [-0.3, -0.25) is 4.79 Å². The molecule has 2 aromatic carbocycles. The molecule has 0 aromatic heterocycles. The molecule has 0 bridgehead atoms. The van der Waals surface area contributed by atoms with Crippen molar-refractivity contribution < 1.29 is 14.7 Å². The van der Waals surface area contributed by atoms with Crippen LogP contribution in [0, 0.1) is 0 Å². The van der Waals surface area contributed by atoms with Crippen LogP contribution in [0.2, 0.25) is 10.0 Å². The molecule has 0 fully saturated rings. The minimum absolute atomic E-state index is 0.00533. The summed E-state index contributed by atoms with van der Waals surface area (Å²) in [5, 5.41) is 12.6. The Labute approximate surface area is 141 Å². The lowest BCUT2D eigenvalue weighted by Gasteiger charge is -2.09. The van der Waals surface area contributed by atoms with Crippen molar-refractivity contribution in [2.75, 3.05) is 11.1 Å². The Hall–Kier alpha value is -1.69. The van der Waals surface area contributed by atoms with Crippen LogP contribution >= 0.6 is 35.0 Å². The third-order valence-electron chi connectivity index (χ3n) is 2.67. The number of benzene rings is 2. The highest BCUT2D eigenvalue weighted by atomic mass is 35.5. The third kappa shape index (κ3) is 4.66. The van der Waals surface area contributed by atoms with E-state index in [0.29, 0.717) is 10.0 Å². The molecule has 1 amide bonds. The number of halogens is 2. The first-order valence-electron chi connectivity index (χ1n) is 6.17. The predicted molar refractivity (Wildman–Crippen MR) is 89.2 cm³/mol. The number of rotatable bonds is 5. The Morgan fingerprint density at radius 3 is 2.32 bits per heavy atom. The number of amides is 1. The number of anilines is 1. The van der Waals surface area contributed by atoms with E-state index in [1.807, 2.05) is 12.1 Å². The Morgan fingerprint density at radius 2 is 1.68 bits per heavy atom. The summed E-state index contributed by atoms with van der Waals surface area (Å²) in [6.07, 6.45) is 0. The van der Waals surface area contributed by atoms with Gasteiger partial charge in [0.25, 0.3) is 0 Å². The summed E-state index contributed by atoms with van der Waals surface area (Å²) in [5.41, 5.74) is 0.177. The first-order chi connectivity index (χ1) is 10.5. The molecular formula is C15H11Cl2NO3S. The molecular weight excluding hydrogens is 345 g/mol. The molecule has 2 rings (SSSR count). The number of carbonyl (C=O) groups is 2. The predicted octanol–water partition coefficient (Wildman–Crippen LogP) is 4.42. The van der Waals surface area contributed by atoms with E-state index >= 15 is 0 Å². The van der Waals surface area contributed by atoms with E-state index in [0.717, 1.165) is 4.90 Å². The van der Waals surface area contributed by atoms with Crippen LogP contribution < -0.4 is 5.32 Å². The zero-order chi connectivity index (χ0) is 16.1. The lowest BCUT2D eigenvalue weighted by Crippen LogP contribution is -2.16. The van der Waals surface area contributed by atoms with Gasteiger partial charge in [0.05, 0.1) is 17.0 Å². The fourth-order valence-corrected chi connectivity index (χ4v) is 2.67. The first-order valence-corrected chi connectivity index (χ1v) is 7.91. The van der Waals surface area contributed by atoms with E-state index in [2.05, 4.69) is 5.32 Å². The van der Waals surface area contributed by atoms with Crippen molar-refractivity contribution >= 4 is 52.5 Å². The SMILES string of the molecule is O=C(CSc1ccc(Cl)cc1)Nc1cc(Cl)ccc1C(=O)O. The number of aromatic carboxylic acids is 1. The first kappa shape index (κ1) is 16.7. The molecule has 2 aromatic rings. The summed E-state index contributed by atoms with van der Waals surface area (Å²) in [4.78, 5) is 24.0. The van der Waals surface area contributed by atoms with E-state index in [9.17, 15) is 9.59 Å². The number of carboxylic acids is 1. The fourth-order valence-electron chi connectivity index (χ4n) is 1.67. The second-order valence-corrected chi connectivity index (χ2v) is 6.21. The van der Waals surface area contributed by atoms with Crippen molar-refractivity contribution in [3.05, 3.63) is 58.1 Å². The highest BCUT2D eigenvalue weighted by Crippen LogP contribution is 2.23. The molecule has 0 aliphatic heterocycles. The largest absolute Gasteiger partial charge is 0.478 e. The van der Waals surface area contributed by atoms with Gasteiger partial charge in [0.2, 0.25) is 5.91 Å². The van der Waals surface area contributed by atoms with Gasteiger partial charge in [-0.25, -0.2) is 4.79 Å². The number of thioether (sulfide) groups is 1. The van der Waals surface area contributed by atoms with Crippen molar-refractivity contribution in [2.45, 2.75) is 4.90 Å². The molecule has 0 unspecified atom stereocenters. The van der Waals surface area contributed by atoms with Crippen LogP contribution in [0.3, 0.4) is 0 Å². The lowest BCUT2D eigenvalue weighted by atomic mass is 10.2. The van der Waals surface area contributed by atoms with E-state index in [1.54, 1.807) is 12.1 Å². The normalized spacial score (nSPS) is 10.3. The van der Waals surface area contributed by atoms with Crippen LogP contribution in [0.5, 0.6) is 0 Å². The van der Waals surface area contributed by atoms with Crippen molar-refractivity contribution in [3.8, 4) is 0 Å². The van der Waals surface area contributed by atoms with Crippen LogP contribution in [0.4, 0.5) is 5.69 Å². The van der Waals surface area contributed by atoms with Crippen molar-refractivity contribution in [2.24, 2.45) is 0 Å². The Balaban J connectivity index is 2.01. The smallest absolute Gasteiger partial charge is 0.337 e. The number of carboxylic acid groups (broad SMARTS) is 1. The van der Waals surface area contributed by atoms with E-state index in [1.165, 1.54) is 30.0 Å². The Bertz CT molecular complexity index is 704. The second-order valence-electron chi connectivity index (χ2n) is 4.29. The van der Waals surface area contributed by atoms with E-state index in [4.69, 9.17) is 28.3 Å². The number of hydrogen-bond acceptors (Lipinski definition) is 3. The van der Waals surface area contributed by atoms with Crippen molar-refractivity contribution in [3.63, 3.8) is 0 Å². The fraction of sp³-hybridized carbons (Fsp3) is 0.0667. The zero-order valence-corrected chi connectivity index (χ0v) is 13.5. The summed E-state index contributed by atoms with van der Waals surface area (Å²) >= 11 is 12.9. The van der Waals surface area contributed by atoms with Gasteiger partial charge < -0.3 is 10.4 Å². The van der Waals surface area contributed by atoms with Crippen molar-refractivity contribution in [1.82, 2.24) is 0 Å². The number of nitrogens with one attached hydrogen (secondary N) is 1. The van der Waals surface area contributed by atoms with E-state index in [-0.39, 0.29) is 22.9 Å². The lowest BCUT2D eigenvalue weighted by molar-refractivity contribution is -0.113. The van der Waals surface area contributed by atoms with Crippen LogP contribution in [0.25, 0.3) is 0 Å². The quantitative estimate of drug-likeness (QED) is 0.779. The zero-order valence-electron chi connectivity index (χ0n) is 11.2. The highest BCUT2D eigenvalue weighted by molar-refractivity contribution is 8.00. The topological polar surface area (TPSA) is 66.4 Å². The van der Waals surface area contributed by atoms with Crippen LogP contribution in [-0.2, 0) is 4.79 Å². The summed E-state index contributed by atoms with van der Waals surface area (Å²) in [6, 6.07) is 11.3. The summed E-state index contributed by atoms with van der Waals surface area (Å²) in [5.74, 6) is -1.30. The minimum Gasteiger partial charge on any atom is -0.478 e. The van der Waals surface area contributed by atoms with E-state index < -0.39 is 5.97 Å². The van der Waals surface area contributed by atoms with Crippen molar-refractivity contribution in [1.29, 1.82) is 0 Å². The third-order valence-corrected chi connectivity index (χ3v) is 4.17. The van der Waals surface area contributed by atoms with Crippen LogP contribution in [0.1, 0.15) is 10.4 Å². The molecule has 0 aliphatic carbocycles. The molecule has 0 heterocycles. The Morgan fingerprint density at radius 1 is 1.05 bits per heavy atom. The van der Waals surface area contributed by atoms with Gasteiger partial charge in [-0.2, -0.15) is 0 Å². The minimum atomic E-state index is -1.13. The monoisotopic (exact) mass is 355 g/mol. The summed E-state index contributed by atoms with van der Waals surface area (Å²) in [6.45, 7) is 0. The maximum absolute atomic E-state index is 11.9. The molecule has 114 valence electrons. The molecule has 0 saturated carbocycles. The maximum atomic E-state index is 11.9. The van der Waals surface area contributed by atoms with Crippen LogP contribution in [-0.4, -0.2) is 22.7 Å². The van der Waals surface area contributed by atoms with Gasteiger partial charge in [0.15, 0.2) is 0 Å². The molecule has 4 nitrogen and oxygen atoms in total. The molecule has 0 aliphatic rings. The van der Waals surface area contributed by atoms with Gasteiger partial charge in [0, 0.05) is 14.9 Å². The summed E-state index contributed by atoms with van der Waals surface area (Å²) < 4.78 is 0. The molecule has 0 saturated heterocycles. The van der Waals surface area contributed by atoms with Gasteiger partial charge in [-0.15, -0.1) is 11.8 Å². The average molecular weight is 356 g/mol. The van der Waals surface area contributed by atoms with Gasteiger partial charge in [-0.1, -0.05) is 23.2 Å². The molecule has 22 heavy (non-hydrogen) atoms. The molecule has 0 spiro atoms. The summed E-state index contributed by atoms with van der Waals surface area (Å²) in [7, 11) is 0. The van der Waals surface area contributed by atoms with Gasteiger partial charge in [0.1, 0.15) is 0 Å². The van der Waals surface area contributed by atoms with Gasteiger partial charge in [-0.05, 0) is 42.5 Å². The van der Waals surface area contributed by atoms with Gasteiger partial charge >= 0.3 is 5.97 Å². The second kappa shape index (κ2) is 7.54. The molecule has 2 N–H and O–H groups in total.